The predicted molar refractivity (Wildman–Crippen MR) is 82.2 cm³/mol. The highest BCUT2D eigenvalue weighted by atomic mass is 32.1. The lowest BCUT2D eigenvalue weighted by Crippen LogP contribution is -2.05. The van der Waals surface area contributed by atoms with Gasteiger partial charge in [0.1, 0.15) is 11.6 Å². The molecule has 1 aromatic heterocycles. The summed E-state index contributed by atoms with van der Waals surface area (Å²) in [4.78, 5) is 16.6. The van der Waals surface area contributed by atoms with Crippen LogP contribution in [0.1, 0.15) is 11.8 Å². The normalized spacial score (nSPS) is 11.0. The Bertz CT molecular complexity index is 714. The summed E-state index contributed by atoms with van der Waals surface area (Å²) >= 11 is 1.22. The van der Waals surface area contributed by atoms with Crippen LogP contribution in [0.25, 0.3) is 17.3 Å². The van der Waals surface area contributed by atoms with Gasteiger partial charge < -0.3 is 10.5 Å². The van der Waals surface area contributed by atoms with E-state index in [-0.39, 0.29) is 12.2 Å². The first-order valence-corrected chi connectivity index (χ1v) is 7.08. The molecule has 0 saturated heterocycles. The first kappa shape index (κ1) is 14.8. The molecular weight excluding hydrogens is 286 g/mol. The highest BCUT2D eigenvalue weighted by Gasteiger charge is 2.15. The van der Waals surface area contributed by atoms with Crippen molar-refractivity contribution in [3.8, 4) is 17.3 Å². The smallest absolute Gasteiger partial charge is 0.348 e. The summed E-state index contributed by atoms with van der Waals surface area (Å²) in [6.07, 6.45) is 1.47. The number of nitrogen functional groups attached to an aromatic ring is 1. The van der Waals surface area contributed by atoms with E-state index >= 15 is 0 Å². The number of carbonyl (C=O) groups is 1. The lowest BCUT2D eigenvalue weighted by molar-refractivity contribution is -0.137. The number of anilines is 1. The molecule has 0 aliphatic rings. The number of hydrogen-bond donors (Lipinski definition) is 1. The Hall–Kier alpha value is -2.65. The Morgan fingerprint density at radius 3 is 2.81 bits per heavy atom. The summed E-state index contributed by atoms with van der Waals surface area (Å²) in [5, 5.41) is 9.46. The average molecular weight is 299 g/mol. The van der Waals surface area contributed by atoms with Crippen LogP contribution in [-0.2, 0) is 9.53 Å². The molecule has 0 aliphatic carbocycles. The van der Waals surface area contributed by atoms with Crippen molar-refractivity contribution in [2.75, 3.05) is 12.3 Å². The maximum atomic E-state index is 11.7. The number of esters is 1. The Balaban J connectivity index is 2.46. The van der Waals surface area contributed by atoms with Gasteiger partial charge in [-0.15, -0.1) is 0 Å². The predicted octanol–water partition coefficient (Wildman–Crippen LogP) is 2.86. The van der Waals surface area contributed by atoms with Crippen LogP contribution in [0.5, 0.6) is 0 Å². The lowest BCUT2D eigenvalue weighted by atomic mass is 10.1. The van der Waals surface area contributed by atoms with Gasteiger partial charge in [0.25, 0.3) is 0 Å². The Morgan fingerprint density at radius 1 is 1.48 bits per heavy atom. The van der Waals surface area contributed by atoms with Crippen LogP contribution in [0.2, 0.25) is 0 Å². The molecule has 0 amide bonds. The molecule has 0 saturated carbocycles. The van der Waals surface area contributed by atoms with E-state index in [0.29, 0.717) is 15.7 Å². The number of ether oxygens (including phenoxy) is 1. The summed E-state index contributed by atoms with van der Waals surface area (Å²) in [5.74, 6) is -0.647. The number of aromatic nitrogens is 1. The third-order valence-corrected chi connectivity index (χ3v) is 3.44. The van der Waals surface area contributed by atoms with Crippen molar-refractivity contribution in [2.45, 2.75) is 6.92 Å². The van der Waals surface area contributed by atoms with Gasteiger partial charge in [0, 0.05) is 5.56 Å². The molecule has 106 valence electrons. The number of nitriles is 1. The van der Waals surface area contributed by atoms with Crippen LogP contribution in [0.4, 0.5) is 5.13 Å². The zero-order chi connectivity index (χ0) is 15.2. The minimum Gasteiger partial charge on any atom is -0.462 e. The number of hydrogen-bond acceptors (Lipinski definition) is 6. The topological polar surface area (TPSA) is 89.0 Å². The van der Waals surface area contributed by atoms with Gasteiger partial charge in [-0.3, -0.25) is 0 Å². The fourth-order valence-electron chi connectivity index (χ4n) is 1.73. The van der Waals surface area contributed by atoms with Gasteiger partial charge >= 0.3 is 5.97 Å². The van der Waals surface area contributed by atoms with Crippen LogP contribution in [0.3, 0.4) is 0 Å². The zero-order valence-electron chi connectivity index (χ0n) is 11.4. The standard InChI is InChI=1S/C15H13N3O2S/c1-2-20-14(19)11(9-16)8-12-13(18-15(17)21-12)10-6-4-3-5-7-10/h3-8H,2H2,1H3,(H2,17,18)/b11-8+. The van der Waals surface area contributed by atoms with Gasteiger partial charge in [0.2, 0.25) is 0 Å². The highest BCUT2D eigenvalue weighted by Crippen LogP contribution is 2.31. The maximum absolute atomic E-state index is 11.7. The second-order valence-electron chi connectivity index (χ2n) is 4.02. The Kier molecular flexibility index (Phi) is 4.69. The molecule has 5 nitrogen and oxygen atoms in total. The van der Waals surface area contributed by atoms with Gasteiger partial charge in [-0.2, -0.15) is 5.26 Å². The maximum Gasteiger partial charge on any atom is 0.348 e. The number of benzene rings is 1. The minimum absolute atomic E-state index is 0.0716. The molecule has 1 heterocycles. The molecule has 0 bridgehead atoms. The van der Waals surface area contributed by atoms with Crippen molar-refractivity contribution >= 4 is 28.5 Å². The van der Waals surface area contributed by atoms with Gasteiger partial charge in [-0.05, 0) is 13.0 Å². The lowest BCUT2D eigenvalue weighted by Gasteiger charge is -2.00. The van der Waals surface area contributed by atoms with Crippen LogP contribution >= 0.6 is 11.3 Å². The largest absolute Gasteiger partial charge is 0.462 e. The number of rotatable bonds is 4. The van der Waals surface area contributed by atoms with Crippen LogP contribution in [-0.4, -0.2) is 17.6 Å². The highest BCUT2D eigenvalue weighted by molar-refractivity contribution is 7.16. The third kappa shape index (κ3) is 3.46. The van der Waals surface area contributed by atoms with E-state index in [1.165, 1.54) is 17.4 Å². The van der Waals surface area contributed by atoms with Crippen LogP contribution in [0.15, 0.2) is 35.9 Å². The zero-order valence-corrected chi connectivity index (χ0v) is 12.2. The molecule has 2 rings (SSSR count). The first-order chi connectivity index (χ1) is 10.2. The molecule has 0 fully saturated rings. The van der Waals surface area contributed by atoms with Crippen molar-refractivity contribution in [1.29, 1.82) is 5.26 Å². The van der Waals surface area contributed by atoms with Gasteiger partial charge in [0.15, 0.2) is 5.13 Å². The Morgan fingerprint density at radius 2 is 2.19 bits per heavy atom. The molecule has 0 aliphatic heterocycles. The fraction of sp³-hybridized carbons (Fsp3) is 0.133. The van der Waals surface area contributed by atoms with Crippen LogP contribution in [0, 0.1) is 11.3 Å². The van der Waals surface area contributed by atoms with Gasteiger partial charge in [-0.25, -0.2) is 9.78 Å². The van der Waals surface area contributed by atoms with Crippen LogP contribution < -0.4 is 5.73 Å². The van der Waals surface area contributed by atoms with E-state index in [1.807, 2.05) is 36.4 Å². The quantitative estimate of drug-likeness (QED) is 0.532. The van der Waals surface area contributed by atoms with Crippen molar-refractivity contribution in [3.63, 3.8) is 0 Å². The molecule has 1 aromatic carbocycles. The van der Waals surface area contributed by atoms with Crippen molar-refractivity contribution < 1.29 is 9.53 Å². The number of nitrogens with two attached hydrogens (primary N) is 1. The first-order valence-electron chi connectivity index (χ1n) is 6.26. The third-order valence-electron chi connectivity index (χ3n) is 2.61. The van der Waals surface area contributed by atoms with E-state index in [2.05, 4.69) is 4.98 Å². The fourth-order valence-corrected chi connectivity index (χ4v) is 2.53. The molecule has 0 unspecified atom stereocenters. The SMILES string of the molecule is CCOC(=O)/C(C#N)=C/c1sc(N)nc1-c1ccccc1. The molecule has 6 heteroatoms. The molecule has 2 aromatic rings. The summed E-state index contributed by atoms with van der Waals surface area (Å²) in [6.45, 7) is 1.90. The van der Waals surface area contributed by atoms with Gasteiger partial charge in [-0.1, -0.05) is 41.7 Å². The number of carbonyl (C=O) groups excluding carboxylic acids is 1. The molecule has 0 spiro atoms. The molecule has 2 N–H and O–H groups in total. The second kappa shape index (κ2) is 6.68. The van der Waals surface area contributed by atoms with E-state index in [4.69, 9.17) is 15.7 Å². The summed E-state index contributed by atoms with van der Waals surface area (Å²) in [6, 6.07) is 11.3. The summed E-state index contributed by atoms with van der Waals surface area (Å²) in [5.41, 5.74) is 7.20. The monoisotopic (exact) mass is 299 g/mol. The van der Waals surface area contributed by atoms with Crippen molar-refractivity contribution in [2.24, 2.45) is 0 Å². The molecule has 0 radical (unpaired) electrons. The summed E-state index contributed by atoms with van der Waals surface area (Å²) < 4.78 is 4.84. The minimum atomic E-state index is -0.647. The van der Waals surface area contributed by atoms with Crippen molar-refractivity contribution in [1.82, 2.24) is 4.98 Å². The van der Waals surface area contributed by atoms with E-state index in [9.17, 15) is 4.79 Å². The van der Waals surface area contributed by atoms with Crippen molar-refractivity contribution in [3.05, 3.63) is 40.8 Å². The number of nitrogens with zero attached hydrogens (tertiary/aromatic N) is 2. The summed E-state index contributed by atoms with van der Waals surface area (Å²) in [7, 11) is 0. The number of thiazole rings is 1. The van der Waals surface area contributed by atoms with Gasteiger partial charge in [0.05, 0.1) is 17.2 Å². The van der Waals surface area contributed by atoms with E-state index < -0.39 is 5.97 Å². The Labute approximate surface area is 126 Å². The molecular formula is C15H13N3O2S. The van der Waals surface area contributed by atoms with E-state index in [1.54, 1.807) is 6.92 Å². The molecule has 21 heavy (non-hydrogen) atoms. The average Bonchev–Trinajstić information content (AvgIpc) is 2.86. The van der Waals surface area contributed by atoms with E-state index in [0.717, 1.165) is 5.56 Å². The second-order valence-corrected chi connectivity index (χ2v) is 5.08. The molecule has 0 atom stereocenters.